The summed E-state index contributed by atoms with van der Waals surface area (Å²) in [5.74, 6) is -0.658. The lowest BCUT2D eigenvalue weighted by Crippen LogP contribution is -2.10. The highest BCUT2D eigenvalue weighted by Gasteiger charge is 2.34. The SMILES string of the molecule is O=C(CCl)c1ccc(C(F)(F)F)c(Br)c1I. The Kier molecular flexibility index (Phi) is 4.65. The highest BCUT2D eigenvalue weighted by atomic mass is 127. The Hall–Kier alpha value is 0.180. The van der Waals surface area contributed by atoms with Gasteiger partial charge in [-0.05, 0) is 50.7 Å². The summed E-state index contributed by atoms with van der Waals surface area (Å²) in [6, 6.07) is 2.01. The Morgan fingerprint density at radius 1 is 1.44 bits per heavy atom. The van der Waals surface area contributed by atoms with Crippen LogP contribution in [0, 0.1) is 3.57 Å². The average Bonchev–Trinajstić information content (AvgIpc) is 2.19. The minimum Gasteiger partial charge on any atom is -0.293 e. The topological polar surface area (TPSA) is 17.1 Å². The quantitative estimate of drug-likeness (QED) is 0.386. The van der Waals surface area contributed by atoms with E-state index in [1.54, 1.807) is 22.6 Å². The van der Waals surface area contributed by atoms with Crippen LogP contribution in [0.15, 0.2) is 16.6 Å². The van der Waals surface area contributed by atoms with Crippen LogP contribution in [-0.4, -0.2) is 11.7 Å². The van der Waals surface area contributed by atoms with E-state index in [4.69, 9.17) is 11.6 Å². The van der Waals surface area contributed by atoms with E-state index in [0.29, 0.717) is 0 Å². The molecule has 1 rings (SSSR count). The Balaban J connectivity index is 3.35. The number of benzene rings is 1. The van der Waals surface area contributed by atoms with E-state index in [9.17, 15) is 18.0 Å². The maximum Gasteiger partial charge on any atom is 0.417 e. The fourth-order valence-electron chi connectivity index (χ4n) is 1.06. The molecule has 0 saturated carbocycles. The smallest absolute Gasteiger partial charge is 0.293 e. The molecule has 0 aliphatic heterocycles. The van der Waals surface area contributed by atoms with Crippen LogP contribution in [0.2, 0.25) is 0 Å². The van der Waals surface area contributed by atoms with Crippen LogP contribution >= 0.6 is 50.1 Å². The van der Waals surface area contributed by atoms with Gasteiger partial charge in [-0.15, -0.1) is 11.6 Å². The van der Waals surface area contributed by atoms with Crippen LogP contribution in [0.4, 0.5) is 13.2 Å². The van der Waals surface area contributed by atoms with E-state index in [1.165, 1.54) is 0 Å². The monoisotopic (exact) mass is 426 g/mol. The van der Waals surface area contributed by atoms with Crippen molar-refractivity contribution in [2.24, 2.45) is 0 Å². The van der Waals surface area contributed by atoms with Crippen molar-refractivity contribution in [1.82, 2.24) is 0 Å². The second kappa shape index (κ2) is 5.22. The minimum atomic E-state index is -4.44. The second-order valence-corrected chi connectivity index (χ2v) is 4.98. The molecule has 0 bridgehead atoms. The first kappa shape index (κ1) is 14.2. The van der Waals surface area contributed by atoms with Gasteiger partial charge < -0.3 is 0 Å². The Labute approximate surface area is 117 Å². The van der Waals surface area contributed by atoms with Gasteiger partial charge in [0.15, 0.2) is 5.78 Å². The highest BCUT2D eigenvalue weighted by molar-refractivity contribution is 14.1. The van der Waals surface area contributed by atoms with E-state index >= 15 is 0 Å². The van der Waals surface area contributed by atoms with Gasteiger partial charge in [0.05, 0.1) is 11.4 Å². The van der Waals surface area contributed by atoms with Crippen LogP contribution in [0.25, 0.3) is 0 Å². The summed E-state index contributed by atoms with van der Waals surface area (Å²) in [7, 11) is 0. The van der Waals surface area contributed by atoms with Gasteiger partial charge in [0.25, 0.3) is 0 Å². The van der Waals surface area contributed by atoms with Crippen molar-refractivity contribution in [3.63, 3.8) is 0 Å². The lowest BCUT2D eigenvalue weighted by molar-refractivity contribution is -0.138. The first-order chi connectivity index (χ1) is 7.29. The molecule has 0 atom stereocenters. The molecule has 1 aromatic rings. The van der Waals surface area contributed by atoms with Crippen LogP contribution in [0.3, 0.4) is 0 Å². The number of hydrogen-bond acceptors (Lipinski definition) is 1. The number of ketones is 1. The third-order valence-corrected chi connectivity index (χ3v) is 4.74. The molecule has 16 heavy (non-hydrogen) atoms. The zero-order chi connectivity index (χ0) is 12.5. The number of Topliss-reactive ketones (excluding diaryl/α,β-unsaturated/α-hetero) is 1. The molecule has 0 radical (unpaired) electrons. The minimum absolute atomic E-state index is 0.128. The second-order valence-electron chi connectivity index (χ2n) is 2.84. The fraction of sp³-hybridized carbons (Fsp3) is 0.222. The van der Waals surface area contributed by atoms with Crippen molar-refractivity contribution in [3.8, 4) is 0 Å². The molecule has 0 aliphatic carbocycles. The third kappa shape index (κ3) is 2.89. The van der Waals surface area contributed by atoms with Crippen LogP contribution in [0.5, 0.6) is 0 Å². The molecular formula is C9H4BrClF3IO. The molecule has 0 N–H and O–H groups in total. The number of rotatable bonds is 2. The molecule has 0 aromatic heterocycles. The van der Waals surface area contributed by atoms with Crippen molar-refractivity contribution in [1.29, 1.82) is 0 Å². The first-order valence-electron chi connectivity index (χ1n) is 3.93. The van der Waals surface area contributed by atoms with Gasteiger partial charge in [-0.2, -0.15) is 13.2 Å². The zero-order valence-corrected chi connectivity index (χ0v) is 12.0. The lowest BCUT2D eigenvalue weighted by atomic mass is 10.1. The Morgan fingerprint density at radius 3 is 2.44 bits per heavy atom. The van der Waals surface area contributed by atoms with Gasteiger partial charge in [0, 0.05) is 13.6 Å². The van der Waals surface area contributed by atoms with Gasteiger partial charge >= 0.3 is 6.18 Å². The number of halogens is 6. The van der Waals surface area contributed by atoms with Gasteiger partial charge in [-0.25, -0.2) is 0 Å². The Morgan fingerprint density at radius 2 is 2.00 bits per heavy atom. The molecule has 0 saturated heterocycles. The van der Waals surface area contributed by atoms with E-state index in [-0.39, 0.29) is 19.5 Å². The van der Waals surface area contributed by atoms with Gasteiger partial charge in [-0.1, -0.05) is 0 Å². The van der Waals surface area contributed by atoms with Crippen LogP contribution in [-0.2, 0) is 6.18 Å². The van der Waals surface area contributed by atoms with E-state index < -0.39 is 17.5 Å². The fourth-order valence-corrected chi connectivity index (χ4v) is 2.54. The predicted octanol–water partition coefficient (Wildman–Crippen LogP) is 4.49. The summed E-state index contributed by atoms with van der Waals surface area (Å²) in [5.41, 5.74) is -0.613. The van der Waals surface area contributed by atoms with Crippen molar-refractivity contribution in [2.45, 2.75) is 6.18 Å². The molecule has 1 aromatic carbocycles. The van der Waals surface area contributed by atoms with Crippen molar-refractivity contribution < 1.29 is 18.0 Å². The summed E-state index contributed by atoms with van der Waals surface area (Å²) in [5, 5.41) is 0. The molecule has 0 aliphatic rings. The van der Waals surface area contributed by atoms with E-state index in [2.05, 4.69) is 15.9 Å². The first-order valence-corrected chi connectivity index (χ1v) is 6.34. The number of alkyl halides is 4. The number of carbonyl (C=O) groups is 1. The largest absolute Gasteiger partial charge is 0.417 e. The molecule has 7 heteroatoms. The number of carbonyl (C=O) groups excluding carboxylic acids is 1. The van der Waals surface area contributed by atoms with Crippen LogP contribution < -0.4 is 0 Å². The molecular weight excluding hydrogens is 423 g/mol. The summed E-state index contributed by atoms with van der Waals surface area (Å²) >= 11 is 9.87. The van der Waals surface area contributed by atoms with Crippen molar-refractivity contribution >= 4 is 55.9 Å². The molecule has 0 amide bonds. The Bertz CT molecular complexity index is 433. The van der Waals surface area contributed by atoms with Gasteiger partial charge in [0.2, 0.25) is 0 Å². The van der Waals surface area contributed by atoms with Crippen LogP contribution in [0.1, 0.15) is 15.9 Å². The van der Waals surface area contributed by atoms with E-state index in [1.807, 2.05) is 0 Å². The molecule has 0 spiro atoms. The third-order valence-electron chi connectivity index (χ3n) is 1.81. The maximum atomic E-state index is 12.5. The highest BCUT2D eigenvalue weighted by Crippen LogP contribution is 2.38. The van der Waals surface area contributed by atoms with Gasteiger partial charge in [-0.3, -0.25) is 4.79 Å². The lowest BCUT2D eigenvalue weighted by Gasteiger charge is -2.12. The molecule has 0 unspecified atom stereocenters. The standard InChI is InChI=1S/C9H4BrClF3IO/c10-7-5(9(12,13)14)2-1-4(8(7)15)6(16)3-11/h1-2H,3H2. The average molecular weight is 427 g/mol. The molecule has 1 nitrogen and oxygen atoms in total. The summed E-state index contributed by atoms with van der Waals surface area (Å²) < 4.78 is 37.6. The molecule has 88 valence electrons. The van der Waals surface area contributed by atoms with E-state index in [0.717, 1.165) is 12.1 Å². The molecule has 0 heterocycles. The van der Waals surface area contributed by atoms with Crippen molar-refractivity contribution in [2.75, 3.05) is 5.88 Å². The van der Waals surface area contributed by atoms with Crippen molar-refractivity contribution in [3.05, 3.63) is 31.3 Å². The normalized spacial score (nSPS) is 11.6. The zero-order valence-electron chi connectivity index (χ0n) is 7.54. The van der Waals surface area contributed by atoms with Gasteiger partial charge in [0.1, 0.15) is 0 Å². The molecule has 0 fully saturated rings. The predicted molar refractivity (Wildman–Crippen MR) is 66.9 cm³/mol. The summed E-state index contributed by atoms with van der Waals surface area (Å²) in [4.78, 5) is 11.3. The number of hydrogen-bond donors (Lipinski definition) is 0. The maximum absolute atomic E-state index is 12.5. The summed E-state index contributed by atoms with van der Waals surface area (Å²) in [6.45, 7) is 0. The summed E-state index contributed by atoms with van der Waals surface area (Å²) in [6.07, 6.45) is -4.44.